The van der Waals surface area contributed by atoms with E-state index < -0.39 is 0 Å². The van der Waals surface area contributed by atoms with Gasteiger partial charge in [-0.3, -0.25) is 0 Å². The van der Waals surface area contributed by atoms with Gasteiger partial charge in [0.25, 0.3) is 0 Å². The highest BCUT2D eigenvalue weighted by Gasteiger charge is 2.17. The molecule has 1 heterocycles. The number of benzene rings is 2. The monoisotopic (exact) mass is 242 g/mol. The van der Waals surface area contributed by atoms with Gasteiger partial charge in [-0.15, -0.1) is 0 Å². The molecule has 78 valence electrons. The van der Waals surface area contributed by atoms with Gasteiger partial charge in [0.15, 0.2) is 0 Å². The van der Waals surface area contributed by atoms with Gasteiger partial charge in [-0.05, 0) is 23.8 Å². The molecule has 0 saturated heterocycles. The second-order valence-electron chi connectivity index (χ2n) is 3.53. The SMILES string of the molecule is C=Cc1cccc2c1Sc1ccccc1S2. The first-order valence-electron chi connectivity index (χ1n) is 5.08. The third-order valence-electron chi connectivity index (χ3n) is 2.51. The van der Waals surface area contributed by atoms with Crippen LogP contribution in [0.15, 0.2) is 68.6 Å². The summed E-state index contributed by atoms with van der Waals surface area (Å²) in [4.78, 5) is 5.36. The van der Waals surface area contributed by atoms with Gasteiger partial charge in [0.2, 0.25) is 0 Å². The first-order chi connectivity index (χ1) is 7.88. The van der Waals surface area contributed by atoms with E-state index in [4.69, 9.17) is 0 Å². The molecule has 1 aliphatic heterocycles. The van der Waals surface area contributed by atoms with Gasteiger partial charge in [0.05, 0.1) is 0 Å². The van der Waals surface area contributed by atoms with Crippen molar-refractivity contribution < 1.29 is 0 Å². The molecule has 3 rings (SSSR count). The number of hydrogen-bond donors (Lipinski definition) is 0. The molecule has 0 N–H and O–H groups in total. The summed E-state index contributed by atoms with van der Waals surface area (Å²) in [6.45, 7) is 3.87. The summed E-state index contributed by atoms with van der Waals surface area (Å²) in [5, 5.41) is 0. The van der Waals surface area contributed by atoms with E-state index in [0.717, 1.165) is 0 Å². The third kappa shape index (κ3) is 1.58. The maximum absolute atomic E-state index is 3.87. The molecule has 0 saturated carbocycles. The lowest BCUT2D eigenvalue weighted by Gasteiger charge is -2.19. The smallest absolute Gasteiger partial charge is 0.0334 e. The highest BCUT2D eigenvalue weighted by atomic mass is 32.2. The van der Waals surface area contributed by atoms with Gasteiger partial charge in [0.1, 0.15) is 0 Å². The number of hydrogen-bond acceptors (Lipinski definition) is 2. The summed E-state index contributed by atoms with van der Waals surface area (Å²) in [7, 11) is 0. The Bertz CT molecular complexity index is 558. The minimum Gasteiger partial charge on any atom is -0.0984 e. The Kier molecular flexibility index (Phi) is 2.54. The van der Waals surface area contributed by atoms with Crippen LogP contribution in [-0.4, -0.2) is 0 Å². The molecule has 0 amide bonds. The van der Waals surface area contributed by atoms with E-state index in [1.807, 2.05) is 29.6 Å². The quantitative estimate of drug-likeness (QED) is 0.592. The van der Waals surface area contributed by atoms with Gasteiger partial charge in [-0.1, -0.05) is 60.4 Å². The van der Waals surface area contributed by atoms with Gasteiger partial charge < -0.3 is 0 Å². The molecule has 0 nitrogen and oxygen atoms in total. The molecular formula is C14H10S2. The Morgan fingerprint density at radius 1 is 0.812 bits per heavy atom. The van der Waals surface area contributed by atoms with Crippen molar-refractivity contribution in [1.82, 2.24) is 0 Å². The predicted molar refractivity (Wildman–Crippen MR) is 71.2 cm³/mol. The molecule has 0 unspecified atom stereocenters. The van der Waals surface area contributed by atoms with Crippen molar-refractivity contribution >= 4 is 29.6 Å². The van der Waals surface area contributed by atoms with Crippen LogP contribution in [0.4, 0.5) is 0 Å². The van der Waals surface area contributed by atoms with E-state index in [1.54, 1.807) is 0 Å². The van der Waals surface area contributed by atoms with Crippen molar-refractivity contribution in [2.24, 2.45) is 0 Å². The Morgan fingerprint density at radius 3 is 2.25 bits per heavy atom. The van der Waals surface area contributed by atoms with Crippen LogP contribution in [0.5, 0.6) is 0 Å². The zero-order chi connectivity index (χ0) is 11.0. The van der Waals surface area contributed by atoms with Crippen LogP contribution in [0.3, 0.4) is 0 Å². The summed E-state index contributed by atoms with van der Waals surface area (Å²) in [6.07, 6.45) is 1.93. The molecule has 2 aromatic rings. The zero-order valence-corrected chi connectivity index (χ0v) is 10.3. The zero-order valence-electron chi connectivity index (χ0n) is 8.64. The highest BCUT2D eigenvalue weighted by molar-refractivity contribution is 8.05. The van der Waals surface area contributed by atoms with Crippen LogP contribution in [0.25, 0.3) is 6.08 Å². The average molecular weight is 242 g/mol. The van der Waals surface area contributed by atoms with Gasteiger partial charge >= 0.3 is 0 Å². The molecule has 0 aromatic heterocycles. The Morgan fingerprint density at radius 2 is 1.50 bits per heavy atom. The Hall–Kier alpha value is -1.12. The van der Waals surface area contributed by atoms with E-state index in [1.165, 1.54) is 25.1 Å². The number of fused-ring (bicyclic) bond motifs is 2. The second-order valence-corrected chi connectivity index (χ2v) is 5.67. The van der Waals surface area contributed by atoms with Gasteiger partial charge in [-0.2, -0.15) is 0 Å². The number of rotatable bonds is 1. The van der Waals surface area contributed by atoms with Crippen molar-refractivity contribution in [3.63, 3.8) is 0 Å². The van der Waals surface area contributed by atoms with Crippen LogP contribution in [0.1, 0.15) is 5.56 Å². The van der Waals surface area contributed by atoms with Gasteiger partial charge in [-0.25, -0.2) is 0 Å². The fraction of sp³-hybridized carbons (Fsp3) is 0. The standard InChI is InChI=1S/C14H10S2/c1-2-10-6-5-9-13-14(10)16-12-8-4-3-7-11(12)15-13/h2-9H,1H2. The minimum absolute atomic E-state index is 1.23. The van der Waals surface area contributed by atoms with Crippen molar-refractivity contribution in [3.8, 4) is 0 Å². The lowest BCUT2D eigenvalue weighted by atomic mass is 10.2. The molecule has 0 fully saturated rings. The van der Waals surface area contributed by atoms with E-state index in [2.05, 4.69) is 49.0 Å². The fourth-order valence-electron chi connectivity index (χ4n) is 1.73. The minimum atomic E-state index is 1.23. The van der Waals surface area contributed by atoms with Crippen molar-refractivity contribution in [3.05, 3.63) is 54.6 Å². The van der Waals surface area contributed by atoms with Gasteiger partial charge in [0, 0.05) is 19.6 Å². The summed E-state index contributed by atoms with van der Waals surface area (Å²) in [5.41, 5.74) is 1.23. The first-order valence-corrected chi connectivity index (χ1v) is 6.72. The Balaban J connectivity index is 2.15. The molecule has 2 heteroatoms. The van der Waals surface area contributed by atoms with Crippen LogP contribution >= 0.6 is 23.5 Å². The molecule has 0 atom stereocenters. The average Bonchev–Trinajstić information content (AvgIpc) is 2.35. The topological polar surface area (TPSA) is 0 Å². The van der Waals surface area contributed by atoms with E-state index in [0.29, 0.717) is 0 Å². The van der Waals surface area contributed by atoms with Crippen LogP contribution < -0.4 is 0 Å². The molecule has 0 bridgehead atoms. The molecule has 0 radical (unpaired) electrons. The molecular weight excluding hydrogens is 232 g/mol. The maximum atomic E-state index is 3.87. The summed E-state index contributed by atoms with van der Waals surface area (Å²) in [5.74, 6) is 0. The molecule has 0 aliphatic carbocycles. The van der Waals surface area contributed by atoms with Crippen LogP contribution in [0.2, 0.25) is 0 Å². The highest BCUT2D eigenvalue weighted by Crippen LogP contribution is 2.49. The molecule has 0 spiro atoms. The van der Waals surface area contributed by atoms with Crippen molar-refractivity contribution in [1.29, 1.82) is 0 Å². The lowest BCUT2D eigenvalue weighted by molar-refractivity contribution is 1.15. The molecule has 2 aromatic carbocycles. The largest absolute Gasteiger partial charge is 0.0984 e. The fourth-order valence-corrected chi connectivity index (χ4v) is 4.11. The second kappa shape index (κ2) is 4.04. The molecule has 1 aliphatic rings. The van der Waals surface area contributed by atoms with Crippen LogP contribution in [-0.2, 0) is 0 Å². The summed E-state index contributed by atoms with van der Waals surface area (Å²) >= 11 is 3.69. The van der Waals surface area contributed by atoms with E-state index in [-0.39, 0.29) is 0 Å². The summed E-state index contributed by atoms with van der Waals surface area (Å²) < 4.78 is 0. The van der Waals surface area contributed by atoms with E-state index >= 15 is 0 Å². The normalized spacial score (nSPS) is 12.8. The van der Waals surface area contributed by atoms with Crippen molar-refractivity contribution in [2.45, 2.75) is 19.6 Å². The Labute approximate surface area is 104 Å². The lowest BCUT2D eigenvalue weighted by Crippen LogP contribution is -1.91. The van der Waals surface area contributed by atoms with Crippen molar-refractivity contribution in [2.75, 3.05) is 0 Å². The third-order valence-corrected chi connectivity index (χ3v) is 5.14. The predicted octanol–water partition coefficient (Wildman–Crippen LogP) is 4.95. The maximum Gasteiger partial charge on any atom is 0.0334 e. The summed E-state index contributed by atoms with van der Waals surface area (Å²) in [6, 6.07) is 14.9. The molecule has 16 heavy (non-hydrogen) atoms. The van der Waals surface area contributed by atoms with E-state index in [9.17, 15) is 0 Å². The van der Waals surface area contributed by atoms with Crippen LogP contribution in [0, 0.1) is 0 Å². The first kappa shape index (κ1) is 10.1.